The number of piperidine rings is 1. The summed E-state index contributed by atoms with van der Waals surface area (Å²) in [7, 11) is 1.97. The van der Waals surface area contributed by atoms with Crippen molar-refractivity contribution in [1.82, 2.24) is 30.0 Å². The number of hydrogen-bond acceptors (Lipinski definition) is 5. The summed E-state index contributed by atoms with van der Waals surface area (Å²) < 4.78 is 1.93. The zero-order valence-electron chi connectivity index (χ0n) is 16.8. The fraction of sp³-hybridized carbons (Fsp3) is 0.600. The van der Waals surface area contributed by atoms with Gasteiger partial charge in [0.25, 0.3) is 0 Å². The molecule has 1 atom stereocenters. The number of nitrogens with one attached hydrogen (secondary N) is 1. The maximum atomic E-state index is 12.9. The van der Waals surface area contributed by atoms with Gasteiger partial charge in [-0.1, -0.05) is 6.92 Å². The van der Waals surface area contributed by atoms with Crippen molar-refractivity contribution in [2.45, 2.75) is 51.6 Å². The maximum absolute atomic E-state index is 12.9. The average molecular weight is 384 g/mol. The highest BCUT2D eigenvalue weighted by atomic mass is 16.2. The Labute approximate surface area is 165 Å². The van der Waals surface area contributed by atoms with Crippen LogP contribution in [0.3, 0.4) is 0 Å². The number of carbonyl (C=O) groups is 1. The third-order valence-corrected chi connectivity index (χ3v) is 5.78. The van der Waals surface area contributed by atoms with E-state index in [0.717, 1.165) is 68.8 Å². The van der Waals surface area contributed by atoms with Gasteiger partial charge in [-0.15, -0.1) is 0 Å². The summed E-state index contributed by atoms with van der Waals surface area (Å²) in [5, 5.41) is 7.60. The SMILES string of the molecule is CCc1cc(N2CCCC(NC(=O)N3CCCc4c(cnn4C)C3)C2)ncn1. The molecule has 0 aliphatic carbocycles. The molecular formula is C20H29N7O. The van der Waals surface area contributed by atoms with Crippen LogP contribution in [0.15, 0.2) is 18.6 Å². The zero-order valence-corrected chi connectivity index (χ0v) is 16.8. The molecule has 0 spiro atoms. The van der Waals surface area contributed by atoms with E-state index in [1.54, 1.807) is 6.33 Å². The molecule has 28 heavy (non-hydrogen) atoms. The fourth-order valence-electron chi connectivity index (χ4n) is 4.18. The second kappa shape index (κ2) is 8.16. The molecule has 1 saturated heterocycles. The van der Waals surface area contributed by atoms with Crippen molar-refractivity contribution in [3.8, 4) is 0 Å². The quantitative estimate of drug-likeness (QED) is 0.876. The van der Waals surface area contributed by atoms with E-state index in [4.69, 9.17) is 0 Å². The Balaban J connectivity index is 1.39. The van der Waals surface area contributed by atoms with Crippen LogP contribution in [0.5, 0.6) is 0 Å². The molecule has 4 heterocycles. The molecule has 1 N–H and O–H groups in total. The minimum atomic E-state index is 0.0282. The number of nitrogens with zero attached hydrogens (tertiary/aromatic N) is 6. The lowest BCUT2D eigenvalue weighted by atomic mass is 10.1. The number of urea groups is 1. The van der Waals surface area contributed by atoms with Crippen LogP contribution >= 0.6 is 0 Å². The number of aromatic nitrogens is 4. The summed E-state index contributed by atoms with van der Waals surface area (Å²) in [6.45, 7) is 5.27. The Morgan fingerprint density at radius 2 is 2.18 bits per heavy atom. The summed E-state index contributed by atoms with van der Waals surface area (Å²) in [6.07, 6.45) is 8.42. The third kappa shape index (κ3) is 3.95. The van der Waals surface area contributed by atoms with Crippen molar-refractivity contribution >= 4 is 11.8 Å². The van der Waals surface area contributed by atoms with Crippen molar-refractivity contribution in [1.29, 1.82) is 0 Å². The first-order chi connectivity index (χ1) is 13.6. The van der Waals surface area contributed by atoms with Gasteiger partial charge < -0.3 is 15.1 Å². The van der Waals surface area contributed by atoms with Crippen LogP contribution in [0.1, 0.15) is 43.1 Å². The van der Waals surface area contributed by atoms with Crippen LogP contribution in [-0.2, 0) is 26.4 Å². The standard InChI is InChI=1S/C20H29N7O/c1-3-16-10-19(22-14-21-16)26-8-4-6-17(13-26)24-20(28)27-9-5-7-18-15(12-27)11-23-25(18)2/h10-11,14,17H,3-9,12-13H2,1-2H3,(H,24,28). The van der Waals surface area contributed by atoms with Gasteiger partial charge in [-0.3, -0.25) is 4.68 Å². The number of aryl methyl sites for hydroxylation is 2. The molecule has 1 fully saturated rings. The van der Waals surface area contributed by atoms with E-state index in [0.29, 0.717) is 6.54 Å². The van der Waals surface area contributed by atoms with Gasteiger partial charge in [-0.25, -0.2) is 14.8 Å². The summed E-state index contributed by atoms with van der Waals surface area (Å²) in [6, 6.07) is 2.22. The lowest BCUT2D eigenvalue weighted by Gasteiger charge is -2.35. The van der Waals surface area contributed by atoms with Crippen LogP contribution in [0.4, 0.5) is 10.6 Å². The molecule has 150 valence electrons. The van der Waals surface area contributed by atoms with Gasteiger partial charge in [0.05, 0.1) is 12.7 Å². The Morgan fingerprint density at radius 1 is 1.29 bits per heavy atom. The summed E-state index contributed by atoms with van der Waals surface area (Å²) in [5.74, 6) is 0.959. The number of anilines is 1. The summed E-state index contributed by atoms with van der Waals surface area (Å²) >= 11 is 0. The number of hydrogen-bond donors (Lipinski definition) is 1. The average Bonchev–Trinajstić information content (AvgIpc) is 2.93. The molecule has 2 aromatic rings. The zero-order chi connectivity index (χ0) is 19.5. The molecule has 8 nitrogen and oxygen atoms in total. The fourth-order valence-corrected chi connectivity index (χ4v) is 4.18. The van der Waals surface area contributed by atoms with E-state index < -0.39 is 0 Å². The van der Waals surface area contributed by atoms with Gasteiger partial charge >= 0.3 is 6.03 Å². The second-order valence-corrected chi connectivity index (χ2v) is 7.72. The van der Waals surface area contributed by atoms with Crippen molar-refractivity contribution in [2.24, 2.45) is 7.05 Å². The Bertz CT molecular complexity index is 834. The van der Waals surface area contributed by atoms with Gasteiger partial charge in [0.15, 0.2) is 0 Å². The minimum absolute atomic E-state index is 0.0282. The second-order valence-electron chi connectivity index (χ2n) is 7.72. The number of rotatable bonds is 3. The molecule has 4 rings (SSSR count). The van der Waals surface area contributed by atoms with E-state index in [1.165, 1.54) is 5.69 Å². The first-order valence-electron chi connectivity index (χ1n) is 10.2. The van der Waals surface area contributed by atoms with E-state index in [1.807, 2.05) is 22.8 Å². The van der Waals surface area contributed by atoms with E-state index in [9.17, 15) is 4.79 Å². The van der Waals surface area contributed by atoms with Crippen LogP contribution in [0.25, 0.3) is 0 Å². The molecule has 8 heteroatoms. The number of carbonyl (C=O) groups excluding carboxylic acids is 1. The van der Waals surface area contributed by atoms with Crippen molar-refractivity contribution in [3.05, 3.63) is 35.5 Å². The van der Waals surface area contributed by atoms with Gasteiger partial charge in [-0.2, -0.15) is 5.10 Å². The van der Waals surface area contributed by atoms with Crippen LogP contribution < -0.4 is 10.2 Å². The molecule has 0 aromatic carbocycles. The predicted molar refractivity (Wildman–Crippen MR) is 107 cm³/mol. The van der Waals surface area contributed by atoms with Crippen LogP contribution in [0.2, 0.25) is 0 Å². The van der Waals surface area contributed by atoms with Crippen molar-refractivity contribution in [2.75, 3.05) is 24.5 Å². The predicted octanol–water partition coefficient (Wildman–Crippen LogP) is 1.90. The van der Waals surface area contributed by atoms with Crippen molar-refractivity contribution in [3.63, 3.8) is 0 Å². The summed E-state index contributed by atoms with van der Waals surface area (Å²) in [5.41, 5.74) is 3.45. The minimum Gasteiger partial charge on any atom is -0.354 e. The highest BCUT2D eigenvalue weighted by molar-refractivity contribution is 5.74. The number of fused-ring (bicyclic) bond motifs is 1. The molecule has 0 bridgehead atoms. The monoisotopic (exact) mass is 383 g/mol. The smallest absolute Gasteiger partial charge is 0.317 e. The summed E-state index contributed by atoms with van der Waals surface area (Å²) in [4.78, 5) is 25.8. The highest BCUT2D eigenvalue weighted by Crippen LogP contribution is 2.20. The molecule has 2 aliphatic rings. The molecule has 0 radical (unpaired) electrons. The van der Waals surface area contributed by atoms with Gasteiger partial charge in [-0.05, 0) is 32.1 Å². The molecule has 2 aliphatic heterocycles. The molecule has 1 unspecified atom stereocenters. The normalized spacial score (nSPS) is 19.9. The van der Waals surface area contributed by atoms with Gasteiger partial charge in [0.1, 0.15) is 12.1 Å². The lowest BCUT2D eigenvalue weighted by molar-refractivity contribution is 0.190. The van der Waals surface area contributed by atoms with Gasteiger partial charge in [0, 0.05) is 55.7 Å². The Kier molecular flexibility index (Phi) is 5.45. The molecule has 2 amide bonds. The number of amides is 2. The van der Waals surface area contributed by atoms with Crippen LogP contribution in [0, 0.1) is 0 Å². The largest absolute Gasteiger partial charge is 0.354 e. The Morgan fingerprint density at radius 3 is 3.04 bits per heavy atom. The Hall–Kier alpha value is -2.64. The highest BCUT2D eigenvalue weighted by Gasteiger charge is 2.26. The molecule has 2 aromatic heterocycles. The van der Waals surface area contributed by atoms with E-state index in [-0.39, 0.29) is 12.1 Å². The van der Waals surface area contributed by atoms with Gasteiger partial charge in [0.2, 0.25) is 0 Å². The van der Waals surface area contributed by atoms with E-state index in [2.05, 4.69) is 38.3 Å². The van der Waals surface area contributed by atoms with Crippen molar-refractivity contribution < 1.29 is 4.79 Å². The lowest BCUT2D eigenvalue weighted by Crippen LogP contribution is -2.51. The first kappa shape index (κ1) is 18.7. The third-order valence-electron chi connectivity index (χ3n) is 5.78. The molecular weight excluding hydrogens is 354 g/mol. The van der Waals surface area contributed by atoms with E-state index >= 15 is 0 Å². The van der Waals surface area contributed by atoms with Crippen LogP contribution in [-0.4, -0.2) is 56.4 Å². The molecule has 0 saturated carbocycles. The first-order valence-corrected chi connectivity index (χ1v) is 10.2. The topological polar surface area (TPSA) is 79.2 Å². The maximum Gasteiger partial charge on any atom is 0.317 e.